The predicted molar refractivity (Wildman–Crippen MR) is 81.0 cm³/mol. The number of carbonyl (C=O) groups is 1. The molecular formula is C15H24N2O3. The SMILES string of the molecule is CCC(C)(CCO)Nc1cc(C)c(N)c(C(=O)OC)c1. The number of aliphatic hydroxyl groups excluding tert-OH is 1. The molecule has 0 aliphatic heterocycles. The minimum Gasteiger partial charge on any atom is -0.465 e. The zero-order valence-corrected chi connectivity index (χ0v) is 12.6. The Balaban J connectivity index is 3.14. The second kappa shape index (κ2) is 6.61. The zero-order valence-electron chi connectivity index (χ0n) is 12.6. The number of nitrogens with two attached hydrogens (primary N) is 1. The predicted octanol–water partition coefficient (Wildman–Crippen LogP) is 2.33. The molecule has 112 valence electrons. The summed E-state index contributed by atoms with van der Waals surface area (Å²) in [7, 11) is 1.33. The number of rotatable bonds is 6. The van der Waals surface area contributed by atoms with Crippen molar-refractivity contribution in [2.75, 3.05) is 24.8 Å². The summed E-state index contributed by atoms with van der Waals surface area (Å²) in [6, 6.07) is 3.59. The third kappa shape index (κ3) is 3.63. The van der Waals surface area contributed by atoms with E-state index in [1.165, 1.54) is 7.11 Å². The van der Waals surface area contributed by atoms with Crippen LogP contribution in [0.5, 0.6) is 0 Å². The van der Waals surface area contributed by atoms with Crippen molar-refractivity contribution in [1.82, 2.24) is 0 Å². The van der Waals surface area contributed by atoms with Crippen LogP contribution in [0, 0.1) is 6.92 Å². The second-order valence-electron chi connectivity index (χ2n) is 5.26. The summed E-state index contributed by atoms with van der Waals surface area (Å²) in [5.74, 6) is -0.449. The van der Waals surface area contributed by atoms with Crippen LogP contribution in [-0.4, -0.2) is 30.3 Å². The van der Waals surface area contributed by atoms with Gasteiger partial charge in [0.05, 0.1) is 12.7 Å². The molecule has 5 heteroatoms. The van der Waals surface area contributed by atoms with Crippen molar-refractivity contribution in [3.05, 3.63) is 23.3 Å². The van der Waals surface area contributed by atoms with E-state index in [-0.39, 0.29) is 12.1 Å². The highest BCUT2D eigenvalue weighted by atomic mass is 16.5. The standard InChI is InChI=1S/C15H24N2O3/c1-5-15(3,6-7-18)17-11-8-10(2)13(16)12(9-11)14(19)20-4/h8-9,17-18H,5-7,16H2,1-4H3. The van der Waals surface area contributed by atoms with E-state index in [2.05, 4.69) is 5.32 Å². The summed E-state index contributed by atoms with van der Waals surface area (Å²) in [5.41, 5.74) is 8.09. The number of carbonyl (C=O) groups excluding carboxylic acids is 1. The van der Waals surface area contributed by atoms with Crippen LogP contribution in [0.3, 0.4) is 0 Å². The molecule has 0 bridgehead atoms. The lowest BCUT2D eigenvalue weighted by Gasteiger charge is -2.30. The zero-order chi connectivity index (χ0) is 15.3. The minimum atomic E-state index is -0.449. The summed E-state index contributed by atoms with van der Waals surface area (Å²) in [6.07, 6.45) is 1.48. The average Bonchev–Trinajstić information content (AvgIpc) is 2.42. The molecule has 0 aliphatic rings. The number of aryl methyl sites for hydroxylation is 1. The van der Waals surface area contributed by atoms with Gasteiger partial charge in [0.2, 0.25) is 0 Å². The summed E-state index contributed by atoms with van der Waals surface area (Å²) >= 11 is 0. The Morgan fingerprint density at radius 1 is 1.50 bits per heavy atom. The first kappa shape index (κ1) is 16.3. The van der Waals surface area contributed by atoms with Crippen LogP contribution in [-0.2, 0) is 4.74 Å². The first-order valence-corrected chi connectivity index (χ1v) is 6.74. The smallest absolute Gasteiger partial charge is 0.340 e. The Bertz CT molecular complexity index is 488. The summed E-state index contributed by atoms with van der Waals surface area (Å²) in [4.78, 5) is 11.7. The van der Waals surface area contributed by atoms with E-state index in [1.807, 2.05) is 26.8 Å². The van der Waals surface area contributed by atoms with Gasteiger partial charge in [-0.3, -0.25) is 0 Å². The largest absolute Gasteiger partial charge is 0.465 e. The number of methoxy groups -OCH3 is 1. The maximum Gasteiger partial charge on any atom is 0.340 e. The van der Waals surface area contributed by atoms with Gasteiger partial charge in [0, 0.05) is 23.5 Å². The number of benzene rings is 1. The number of ether oxygens (including phenoxy) is 1. The summed E-state index contributed by atoms with van der Waals surface area (Å²) in [6.45, 7) is 6.04. The molecule has 1 rings (SSSR count). The third-order valence-corrected chi connectivity index (χ3v) is 3.68. The first-order valence-electron chi connectivity index (χ1n) is 6.74. The van der Waals surface area contributed by atoms with Crippen LogP contribution in [0.25, 0.3) is 0 Å². The molecule has 0 fully saturated rings. The third-order valence-electron chi connectivity index (χ3n) is 3.68. The monoisotopic (exact) mass is 280 g/mol. The Morgan fingerprint density at radius 2 is 2.15 bits per heavy atom. The van der Waals surface area contributed by atoms with Crippen LogP contribution in [0.4, 0.5) is 11.4 Å². The molecule has 1 atom stereocenters. The van der Waals surface area contributed by atoms with E-state index in [4.69, 9.17) is 15.6 Å². The van der Waals surface area contributed by atoms with Crippen molar-refractivity contribution in [1.29, 1.82) is 0 Å². The van der Waals surface area contributed by atoms with Gasteiger partial charge in [0.25, 0.3) is 0 Å². The fourth-order valence-electron chi connectivity index (χ4n) is 2.07. The lowest BCUT2D eigenvalue weighted by atomic mass is 9.94. The molecular weight excluding hydrogens is 256 g/mol. The lowest BCUT2D eigenvalue weighted by Crippen LogP contribution is -2.35. The molecule has 0 saturated carbocycles. The second-order valence-corrected chi connectivity index (χ2v) is 5.26. The number of aliphatic hydroxyl groups is 1. The van der Waals surface area contributed by atoms with E-state index in [0.29, 0.717) is 17.7 Å². The van der Waals surface area contributed by atoms with E-state index in [1.54, 1.807) is 6.07 Å². The molecule has 20 heavy (non-hydrogen) atoms. The van der Waals surface area contributed by atoms with E-state index < -0.39 is 5.97 Å². The van der Waals surface area contributed by atoms with Gasteiger partial charge < -0.3 is 20.9 Å². The van der Waals surface area contributed by atoms with Gasteiger partial charge in [0.15, 0.2) is 0 Å². The van der Waals surface area contributed by atoms with Crippen molar-refractivity contribution in [2.24, 2.45) is 0 Å². The van der Waals surface area contributed by atoms with Crippen molar-refractivity contribution < 1.29 is 14.6 Å². The van der Waals surface area contributed by atoms with Crippen molar-refractivity contribution >= 4 is 17.3 Å². The Kier molecular flexibility index (Phi) is 5.39. The van der Waals surface area contributed by atoms with Gasteiger partial charge in [-0.25, -0.2) is 4.79 Å². The van der Waals surface area contributed by atoms with Crippen LogP contribution < -0.4 is 11.1 Å². The molecule has 0 radical (unpaired) electrons. The molecule has 4 N–H and O–H groups in total. The Labute approximate surface area is 120 Å². The highest BCUT2D eigenvalue weighted by molar-refractivity contribution is 5.97. The molecule has 1 aromatic rings. The molecule has 0 amide bonds. The number of hydrogen-bond acceptors (Lipinski definition) is 5. The van der Waals surface area contributed by atoms with Crippen LogP contribution in [0.2, 0.25) is 0 Å². The number of esters is 1. The molecule has 1 aromatic carbocycles. The van der Waals surface area contributed by atoms with Crippen LogP contribution in [0.15, 0.2) is 12.1 Å². The maximum atomic E-state index is 11.7. The van der Waals surface area contributed by atoms with E-state index in [9.17, 15) is 4.79 Å². The topological polar surface area (TPSA) is 84.6 Å². The van der Waals surface area contributed by atoms with Gasteiger partial charge in [0.1, 0.15) is 0 Å². The lowest BCUT2D eigenvalue weighted by molar-refractivity contribution is 0.0602. The van der Waals surface area contributed by atoms with Gasteiger partial charge in [-0.15, -0.1) is 0 Å². The quantitative estimate of drug-likeness (QED) is 0.550. The number of hydrogen-bond donors (Lipinski definition) is 3. The number of anilines is 2. The van der Waals surface area contributed by atoms with Gasteiger partial charge in [-0.2, -0.15) is 0 Å². The number of nitrogen functional groups attached to an aromatic ring is 1. The molecule has 0 aliphatic carbocycles. The average molecular weight is 280 g/mol. The summed E-state index contributed by atoms with van der Waals surface area (Å²) in [5, 5.41) is 12.5. The highest BCUT2D eigenvalue weighted by Gasteiger charge is 2.22. The molecule has 0 saturated heterocycles. The van der Waals surface area contributed by atoms with Gasteiger partial charge in [-0.05, 0) is 44.4 Å². The fourth-order valence-corrected chi connectivity index (χ4v) is 2.07. The van der Waals surface area contributed by atoms with Gasteiger partial charge >= 0.3 is 5.97 Å². The van der Waals surface area contributed by atoms with Crippen LogP contribution >= 0.6 is 0 Å². The van der Waals surface area contributed by atoms with Crippen molar-refractivity contribution in [3.8, 4) is 0 Å². The molecule has 0 aromatic heterocycles. The molecule has 5 nitrogen and oxygen atoms in total. The molecule has 0 spiro atoms. The van der Waals surface area contributed by atoms with Crippen LogP contribution in [0.1, 0.15) is 42.6 Å². The fraction of sp³-hybridized carbons (Fsp3) is 0.533. The van der Waals surface area contributed by atoms with E-state index in [0.717, 1.165) is 17.7 Å². The summed E-state index contributed by atoms with van der Waals surface area (Å²) < 4.78 is 4.74. The minimum absolute atomic E-state index is 0.106. The van der Waals surface area contributed by atoms with Gasteiger partial charge in [-0.1, -0.05) is 6.92 Å². The highest BCUT2D eigenvalue weighted by Crippen LogP contribution is 2.27. The molecule has 0 heterocycles. The number of nitrogens with one attached hydrogen (secondary N) is 1. The Hall–Kier alpha value is -1.75. The Morgan fingerprint density at radius 3 is 2.65 bits per heavy atom. The van der Waals surface area contributed by atoms with Crippen molar-refractivity contribution in [3.63, 3.8) is 0 Å². The molecule has 1 unspecified atom stereocenters. The first-order chi connectivity index (χ1) is 9.36. The van der Waals surface area contributed by atoms with Crippen molar-refractivity contribution in [2.45, 2.75) is 39.2 Å². The van der Waals surface area contributed by atoms with E-state index >= 15 is 0 Å². The maximum absolute atomic E-state index is 11.7. The normalized spacial score (nSPS) is 13.7.